The molecule has 0 amide bonds. The SMILES string of the molecule is COc1ccc(C)cc1C(C)(C)CNCCCCO. The predicted molar refractivity (Wildman–Crippen MR) is 79.9 cm³/mol. The highest BCUT2D eigenvalue weighted by atomic mass is 16.5. The predicted octanol–water partition coefficient (Wildman–Crippen LogP) is 2.64. The molecule has 0 atom stereocenters. The number of benzene rings is 1. The maximum absolute atomic E-state index is 8.76. The summed E-state index contributed by atoms with van der Waals surface area (Å²) < 4.78 is 5.47. The van der Waals surface area contributed by atoms with Crippen LogP contribution in [-0.2, 0) is 5.41 Å². The molecule has 0 bridgehead atoms. The molecule has 0 aliphatic rings. The highest BCUT2D eigenvalue weighted by Crippen LogP contribution is 2.31. The lowest BCUT2D eigenvalue weighted by Crippen LogP contribution is -2.34. The van der Waals surface area contributed by atoms with E-state index in [0.29, 0.717) is 0 Å². The molecule has 0 fully saturated rings. The first-order chi connectivity index (χ1) is 9.01. The van der Waals surface area contributed by atoms with E-state index in [1.807, 2.05) is 6.07 Å². The topological polar surface area (TPSA) is 41.5 Å². The number of methoxy groups -OCH3 is 1. The van der Waals surface area contributed by atoms with Gasteiger partial charge in [-0.3, -0.25) is 0 Å². The van der Waals surface area contributed by atoms with E-state index in [4.69, 9.17) is 9.84 Å². The van der Waals surface area contributed by atoms with Crippen LogP contribution in [0.25, 0.3) is 0 Å². The minimum Gasteiger partial charge on any atom is -0.496 e. The van der Waals surface area contributed by atoms with Gasteiger partial charge in [0.15, 0.2) is 0 Å². The van der Waals surface area contributed by atoms with E-state index in [-0.39, 0.29) is 12.0 Å². The molecular formula is C16H27NO2. The molecule has 0 aliphatic heterocycles. The zero-order chi connectivity index (χ0) is 14.3. The molecule has 3 nitrogen and oxygen atoms in total. The largest absolute Gasteiger partial charge is 0.496 e. The number of aliphatic hydroxyl groups is 1. The van der Waals surface area contributed by atoms with Crippen LogP contribution in [0.1, 0.15) is 37.8 Å². The third kappa shape index (κ3) is 4.84. The Labute approximate surface area is 117 Å². The zero-order valence-corrected chi connectivity index (χ0v) is 12.6. The summed E-state index contributed by atoms with van der Waals surface area (Å²) in [4.78, 5) is 0. The van der Waals surface area contributed by atoms with Crippen molar-refractivity contribution in [2.24, 2.45) is 0 Å². The number of nitrogens with one attached hydrogen (secondary N) is 1. The smallest absolute Gasteiger partial charge is 0.122 e. The van der Waals surface area contributed by atoms with E-state index in [9.17, 15) is 0 Å². The van der Waals surface area contributed by atoms with E-state index < -0.39 is 0 Å². The fourth-order valence-corrected chi connectivity index (χ4v) is 2.21. The third-order valence-corrected chi connectivity index (χ3v) is 3.41. The average molecular weight is 265 g/mol. The van der Waals surface area contributed by atoms with Gasteiger partial charge < -0.3 is 15.2 Å². The Morgan fingerprint density at radius 1 is 1.26 bits per heavy atom. The van der Waals surface area contributed by atoms with E-state index in [1.54, 1.807) is 7.11 Å². The molecule has 19 heavy (non-hydrogen) atoms. The molecular weight excluding hydrogens is 238 g/mol. The highest BCUT2D eigenvalue weighted by Gasteiger charge is 2.24. The van der Waals surface area contributed by atoms with Gasteiger partial charge in [-0.05, 0) is 32.4 Å². The van der Waals surface area contributed by atoms with Crippen LogP contribution in [-0.4, -0.2) is 31.9 Å². The maximum Gasteiger partial charge on any atom is 0.122 e. The standard InChI is InChI=1S/C16H27NO2/c1-13-7-8-15(19-4)14(11-13)16(2,3)12-17-9-5-6-10-18/h7-8,11,17-18H,5-6,9-10,12H2,1-4H3. The van der Waals surface area contributed by atoms with Crippen molar-refractivity contribution in [3.8, 4) is 5.75 Å². The Hall–Kier alpha value is -1.06. The molecule has 108 valence electrons. The Morgan fingerprint density at radius 2 is 2.00 bits per heavy atom. The van der Waals surface area contributed by atoms with Gasteiger partial charge in [0.05, 0.1) is 7.11 Å². The second-order valence-corrected chi connectivity index (χ2v) is 5.70. The maximum atomic E-state index is 8.76. The minimum atomic E-state index is 0.0244. The van der Waals surface area contributed by atoms with Crippen molar-refractivity contribution in [1.82, 2.24) is 5.32 Å². The Morgan fingerprint density at radius 3 is 2.63 bits per heavy atom. The summed E-state index contributed by atoms with van der Waals surface area (Å²) in [6.07, 6.45) is 1.87. The van der Waals surface area contributed by atoms with Crippen LogP contribution in [0.4, 0.5) is 0 Å². The van der Waals surface area contributed by atoms with Crippen LogP contribution in [0.5, 0.6) is 5.75 Å². The zero-order valence-electron chi connectivity index (χ0n) is 12.6. The van der Waals surface area contributed by atoms with Gasteiger partial charge in [0.25, 0.3) is 0 Å². The second kappa shape index (κ2) is 7.51. The molecule has 1 aromatic rings. The van der Waals surface area contributed by atoms with Crippen LogP contribution < -0.4 is 10.1 Å². The molecule has 2 N–H and O–H groups in total. The number of rotatable bonds is 8. The van der Waals surface area contributed by atoms with Gasteiger partial charge in [-0.25, -0.2) is 0 Å². The van der Waals surface area contributed by atoms with Crippen molar-refractivity contribution in [2.45, 2.75) is 39.0 Å². The summed E-state index contributed by atoms with van der Waals surface area (Å²) in [5, 5.41) is 12.2. The lowest BCUT2D eigenvalue weighted by atomic mass is 9.83. The lowest BCUT2D eigenvalue weighted by Gasteiger charge is -2.28. The molecule has 0 saturated carbocycles. The first-order valence-corrected chi connectivity index (χ1v) is 6.98. The van der Waals surface area contributed by atoms with Crippen molar-refractivity contribution in [3.05, 3.63) is 29.3 Å². The van der Waals surface area contributed by atoms with Crippen molar-refractivity contribution in [3.63, 3.8) is 0 Å². The summed E-state index contributed by atoms with van der Waals surface area (Å²) in [6.45, 7) is 8.67. The van der Waals surface area contributed by atoms with Gasteiger partial charge in [0, 0.05) is 24.1 Å². The summed E-state index contributed by atoms with van der Waals surface area (Å²) in [5.74, 6) is 0.952. The first-order valence-electron chi connectivity index (χ1n) is 6.98. The molecule has 0 unspecified atom stereocenters. The van der Waals surface area contributed by atoms with Gasteiger partial charge in [-0.2, -0.15) is 0 Å². The molecule has 0 saturated heterocycles. The van der Waals surface area contributed by atoms with Crippen LogP contribution in [0.15, 0.2) is 18.2 Å². The van der Waals surface area contributed by atoms with E-state index in [1.165, 1.54) is 11.1 Å². The summed E-state index contributed by atoms with van der Waals surface area (Å²) >= 11 is 0. The monoisotopic (exact) mass is 265 g/mol. The molecule has 3 heteroatoms. The fourth-order valence-electron chi connectivity index (χ4n) is 2.21. The van der Waals surface area contributed by atoms with Crippen molar-refractivity contribution >= 4 is 0 Å². The third-order valence-electron chi connectivity index (χ3n) is 3.41. The van der Waals surface area contributed by atoms with E-state index in [2.05, 4.69) is 38.2 Å². The summed E-state index contributed by atoms with van der Waals surface area (Å²) in [6, 6.07) is 6.32. The van der Waals surface area contributed by atoms with Gasteiger partial charge in [-0.15, -0.1) is 0 Å². The molecule has 0 spiro atoms. The normalized spacial score (nSPS) is 11.6. The molecule has 0 heterocycles. The molecule has 1 aromatic carbocycles. The van der Waals surface area contributed by atoms with Crippen molar-refractivity contribution in [2.75, 3.05) is 26.8 Å². The van der Waals surface area contributed by atoms with Gasteiger partial charge in [0.2, 0.25) is 0 Å². The van der Waals surface area contributed by atoms with E-state index >= 15 is 0 Å². The number of ether oxygens (including phenoxy) is 1. The Balaban J connectivity index is 2.67. The molecule has 0 aliphatic carbocycles. The van der Waals surface area contributed by atoms with Crippen molar-refractivity contribution < 1.29 is 9.84 Å². The highest BCUT2D eigenvalue weighted by molar-refractivity contribution is 5.41. The lowest BCUT2D eigenvalue weighted by molar-refractivity contribution is 0.283. The first kappa shape index (κ1) is 16.0. The minimum absolute atomic E-state index is 0.0244. The number of unbranched alkanes of at least 4 members (excludes halogenated alkanes) is 1. The van der Waals surface area contributed by atoms with Crippen LogP contribution in [0.2, 0.25) is 0 Å². The average Bonchev–Trinajstić information content (AvgIpc) is 2.38. The van der Waals surface area contributed by atoms with Gasteiger partial charge >= 0.3 is 0 Å². The van der Waals surface area contributed by atoms with Crippen LogP contribution in [0.3, 0.4) is 0 Å². The summed E-state index contributed by atoms with van der Waals surface area (Å²) in [5.41, 5.74) is 2.52. The molecule has 0 radical (unpaired) electrons. The van der Waals surface area contributed by atoms with E-state index in [0.717, 1.165) is 31.7 Å². The molecule has 0 aromatic heterocycles. The Bertz CT molecular complexity index is 388. The number of aryl methyl sites for hydroxylation is 1. The van der Waals surface area contributed by atoms with Gasteiger partial charge in [0.1, 0.15) is 5.75 Å². The number of hydrogen-bond donors (Lipinski definition) is 2. The van der Waals surface area contributed by atoms with Gasteiger partial charge in [-0.1, -0.05) is 31.5 Å². The quantitative estimate of drug-likeness (QED) is 0.710. The van der Waals surface area contributed by atoms with Crippen molar-refractivity contribution in [1.29, 1.82) is 0 Å². The summed E-state index contributed by atoms with van der Waals surface area (Å²) in [7, 11) is 1.72. The molecule has 1 rings (SSSR count). The van der Waals surface area contributed by atoms with Crippen LogP contribution in [0, 0.1) is 6.92 Å². The number of hydrogen-bond acceptors (Lipinski definition) is 3. The number of aliphatic hydroxyl groups excluding tert-OH is 1. The van der Waals surface area contributed by atoms with Crippen LogP contribution >= 0.6 is 0 Å². The fraction of sp³-hybridized carbons (Fsp3) is 0.625. The second-order valence-electron chi connectivity index (χ2n) is 5.70. The Kier molecular flexibility index (Phi) is 6.32.